The Balaban J connectivity index is 1.59. The number of likely N-dealkylation sites (tertiary alicyclic amines) is 1. The van der Waals surface area contributed by atoms with Crippen LogP contribution in [0.15, 0.2) is 83.8 Å². The van der Waals surface area contributed by atoms with Crippen molar-refractivity contribution in [1.29, 1.82) is 0 Å². The fraction of sp³-hybridized carbons (Fsp3) is 0.296. The lowest BCUT2D eigenvalue weighted by molar-refractivity contribution is 0.0736. The summed E-state index contributed by atoms with van der Waals surface area (Å²) < 4.78 is 33.5. The Kier molecular flexibility index (Phi) is 7.34. The highest BCUT2D eigenvalue weighted by atomic mass is 32.2. The first kappa shape index (κ1) is 24.0. The van der Waals surface area contributed by atoms with Crippen LogP contribution in [-0.2, 0) is 23.0 Å². The van der Waals surface area contributed by atoms with Crippen LogP contribution in [0.25, 0.3) is 0 Å². The fourth-order valence-electron chi connectivity index (χ4n) is 4.47. The summed E-state index contributed by atoms with van der Waals surface area (Å²) in [4.78, 5) is 15.3. The number of carbonyl (C=O) groups is 1. The van der Waals surface area contributed by atoms with Crippen molar-refractivity contribution in [2.45, 2.75) is 36.7 Å². The van der Waals surface area contributed by atoms with Gasteiger partial charge in [-0.2, -0.15) is 4.31 Å². The van der Waals surface area contributed by atoms with E-state index in [1.54, 1.807) is 12.1 Å². The number of methoxy groups -OCH3 is 1. The van der Waals surface area contributed by atoms with Crippen LogP contribution in [0.2, 0.25) is 0 Å². The van der Waals surface area contributed by atoms with Gasteiger partial charge in [0.05, 0.1) is 7.11 Å². The second-order valence-electron chi connectivity index (χ2n) is 8.60. The van der Waals surface area contributed by atoms with E-state index in [9.17, 15) is 13.2 Å². The molecular weight excluding hydrogens is 448 g/mol. The first-order valence-corrected chi connectivity index (χ1v) is 12.9. The van der Waals surface area contributed by atoms with Crippen molar-refractivity contribution in [1.82, 2.24) is 9.21 Å². The second-order valence-corrected chi connectivity index (χ2v) is 10.6. The molecule has 1 aliphatic rings. The van der Waals surface area contributed by atoms with Gasteiger partial charge in [0.15, 0.2) is 0 Å². The van der Waals surface area contributed by atoms with E-state index >= 15 is 0 Å². The zero-order valence-corrected chi connectivity index (χ0v) is 20.4. The minimum absolute atomic E-state index is 0.00177. The smallest absolute Gasteiger partial charge is 0.254 e. The molecule has 0 aromatic heterocycles. The summed E-state index contributed by atoms with van der Waals surface area (Å²) in [7, 11) is -0.916. The predicted molar refractivity (Wildman–Crippen MR) is 132 cm³/mol. The molecule has 0 bridgehead atoms. The lowest BCUT2D eigenvalue weighted by Crippen LogP contribution is -2.37. The van der Waals surface area contributed by atoms with E-state index in [0.717, 1.165) is 24.8 Å². The van der Waals surface area contributed by atoms with Gasteiger partial charge in [-0.25, -0.2) is 8.42 Å². The van der Waals surface area contributed by atoms with Gasteiger partial charge in [0, 0.05) is 31.7 Å². The van der Waals surface area contributed by atoms with Crippen LogP contribution >= 0.6 is 0 Å². The minimum atomic E-state index is -3.88. The molecule has 6 nitrogen and oxygen atoms in total. The molecule has 3 aromatic rings. The maximum atomic E-state index is 13.5. The molecule has 0 N–H and O–H groups in total. The molecule has 34 heavy (non-hydrogen) atoms. The maximum Gasteiger partial charge on any atom is 0.254 e. The number of hydrogen-bond acceptors (Lipinski definition) is 4. The Bertz CT molecular complexity index is 1230. The molecule has 1 fully saturated rings. The fourth-order valence-corrected chi connectivity index (χ4v) is 5.81. The van der Waals surface area contributed by atoms with Crippen molar-refractivity contribution in [3.63, 3.8) is 0 Å². The Labute approximate surface area is 201 Å². The van der Waals surface area contributed by atoms with Gasteiger partial charge in [0.1, 0.15) is 10.6 Å². The average Bonchev–Trinajstić information content (AvgIpc) is 3.32. The second kappa shape index (κ2) is 10.4. The average molecular weight is 479 g/mol. The normalized spacial score (nSPS) is 16.1. The van der Waals surface area contributed by atoms with Crippen molar-refractivity contribution >= 4 is 15.9 Å². The van der Waals surface area contributed by atoms with Crippen LogP contribution in [0.4, 0.5) is 0 Å². The Morgan fingerprint density at radius 1 is 1.00 bits per heavy atom. The van der Waals surface area contributed by atoms with E-state index in [0.29, 0.717) is 12.1 Å². The summed E-state index contributed by atoms with van der Waals surface area (Å²) in [6.45, 7) is 0.883. The van der Waals surface area contributed by atoms with Crippen LogP contribution < -0.4 is 4.74 Å². The van der Waals surface area contributed by atoms with Crippen LogP contribution in [0.1, 0.15) is 34.3 Å². The molecule has 3 aromatic carbocycles. The van der Waals surface area contributed by atoms with E-state index in [-0.39, 0.29) is 29.1 Å². The van der Waals surface area contributed by atoms with Gasteiger partial charge in [0.2, 0.25) is 10.0 Å². The molecule has 1 atom stereocenters. The SMILES string of the molecule is COc1ccc(C(=O)N2CCCC2Cc2ccccc2)cc1S(=O)(=O)N(C)Cc1ccccc1. The molecule has 7 heteroatoms. The summed E-state index contributed by atoms with van der Waals surface area (Å²) in [5, 5.41) is 0. The topological polar surface area (TPSA) is 66.9 Å². The highest BCUT2D eigenvalue weighted by Crippen LogP contribution is 2.30. The van der Waals surface area contributed by atoms with Gasteiger partial charge in [-0.1, -0.05) is 60.7 Å². The Morgan fingerprint density at radius 3 is 2.29 bits per heavy atom. The molecule has 0 aliphatic carbocycles. The number of hydrogen-bond donors (Lipinski definition) is 0. The number of rotatable bonds is 8. The van der Waals surface area contributed by atoms with Gasteiger partial charge < -0.3 is 9.64 Å². The van der Waals surface area contributed by atoms with Gasteiger partial charge in [-0.05, 0) is 48.6 Å². The van der Waals surface area contributed by atoms with Crippen LogP contribution in [0, 0.1) is 0 Å². The predicted octanol–water partition coefficient (Wildman–Crippen LogP) is 4.36. The third kappa shape index (κ3) is 5.16. The summed E-state index contributed by atoms with van der Waals surface area (Å²) in [6, 6.07) is 24.3. The van der Waals surface area contributed by atoms with E-state index in [1.807, 2.05) is 53.4 Å². The highest BCUT2D eigenvalue weighted by Gasteiger charge is 2.32. The monoisotopic (exact) mass is 478 g/mol. The van der Waals surface area contributed by atoms with E-state index in [4.69, 9.17) is 4.74 Å². The number of benzene rings is 3. The number of nitrogens with zero attached hydrogens (tertiary/aromatic N) is 2. The zero-order chi connectivity index (χ0) is 24.1. The summed E-state index contributed by atoms with van der Waals surface area (Å²) in [5.74, 6) is 0.0713. The standard InChI is InChI=1S/C27H30N2O4S/c1-28(20-22-12-7-4-8-13-22)34(31,32)26-19-23(15-16-25(26)33-2)27(30)29-17-9-14-24(29)18-21-10-5-3-6-11-21/h3-8,10-13,15-16,19,24H,9,14,17-18,20H2,1-2H3. The number of carbonyl (C=O) groups excluding carboxylic acids is 1. The zero-order valence-electron chi connectivity index (χ0n) is 19.6. The van der Waals surface area contributed by atoms with Crippen molar-refractivity contribution in [3.8, 4) is 5.75 Å². The van der Waals surface area contributed by atoms with Crippen molar-refractivity contribution in [2.75, 3.05) is 20.7 Å². The third-order valence-electron chi connectivity index (χ3n) is 6.30. The van der Waals surface area contributed by atoms with Crippen LogP contribution in [0.3, 0.4) is 0 Å². The highest BCUT2D eigenvalue weighted by molar-refractivity contribution is 7.89. The van der Waals surface area contributed by atoms with Gasteiger partial charge >= 0.3 is 0 Å². The van der Waals surface area contributed by atoms with E-state index in [2.05, 4.69) is 12.1 Å². The van der Waals surface area contributed by atoms with Gasteiger partial charge in [-0.3, -0.25) is 4.79 Å². The van der Waals surface area contributed by atoms with Crippen molar-refractivity contribution in [3.05, 3.63) is 95.6 Å². The molecule has 1 unspecified atom stereocenters. The first-order chi connectivity index (χ1) is 16.4. The van der Waals surface area contributed by atoms with Crippen LogP contribution in [0.5, 0.6) is 5.75 Å². The number of sulfonamides is 1. The molecule has 1 heterocycles. The quantitative estimate of drug-likeness (QED) is 0.482. The number of ether oxygens (including phenoxy) is 1. The molecular formula is C27H30N2O4S. The Morgan fingerprint density at radius 2 is 1.65 bits per heavy atom. The maximum absolute atomic E-state index is 13.5. The lowest BCUT2D eigenvalue weighted by atomic mass is 10.0. The molecule has 0 spiro atoms. The van der Waals surface area contributed by atoms with Gasteiger partial charge in [0.25, 0.3) is 5.91 Å². The summed E-state index contributed by atoms with van der Waals surface area (Å²) >= 11 is 0. The van der Waals surface area contributed by atoms with E-state index < -0.39 is 10.0 Å². The Hall–Kier alpha value is -3.16. The van der Waals surface area contributed by atoms with Crippen molar-refractivity contribution in [2.24, 2.45) is 0 Å². The third-order valence-corrected chi connectivity index (χ3v) is 8.12. The van der Waals surface area contributed by atoms with Crippen LogP contribution in [-0.4, -0.2) is 50.3 Å². The molecule has 178 valence electrons. The molecule has 1 aliphatic heterocycles. The molecule has 1 amide bonds. The van der Waals surface area contributed by atoms with E-state index in [1.165, 1.54) is 30.1 Å². The first-order valence-electron chi connectivity index (χ1n) is 11.4. The number of amides is 1. The molecule has 0 saturated carbocycles. The summed E-state index contributed by atoms with van der Waals surface area (Å²) in [5.41, 5.74) is 2.42. The lowest BCUT2D eigenvalue weighted by Gasteiger charge is -2.26. The molecule has 0 radical (unpaired) electrons. The largest absolute Gasteiger partial charge is 0.495 e. The van der Waals surface area contributed by atoms with Gasteiger partial charge in [-0.15, -0.1) is 0 Å². The summed E-state index contributed by atoms with van der Waals surface area (Å²) in [6.07, 6.45) is 2.65. The minimum Gasteiger partial charge on any atom is -0.495 e. The molecule has 1 saturated heterocycles. The molecule has 4 rings (SSSR count). The van der Waals surface area contributed by atoms with Crippen molar-refractivity contribution < 1.29 is 17.9 Å².